The third-order valence-corrected chi connectivity index (χ3v) is 6.28. The highest BCUT2D eigenvalue weighted by molar-refractivity contribution is 7.97. The fourth-order valence-corrected chi connectivity index (χ4v) is 4.76. The number of rotatable bonds is 8. The van der Waals surface area contributed by atoms with Crippen molar-refractivity contribution in [3.05, 3.63) is 60.2 Å². The molecule has 0 aliphatic carbocycles. The summed E-state index contributed by atoms with van der Waals surface area (Å²) < 4.78 is 0. The zero-order chi connectivity index (χ0) is 15.8. The van der Waals surface area contributed by atoms with Crippen molar-refractivity contribution < 1.29 is 21.8 Å². The summed E-state index contributed by atoms with van der Waals surface area (Å²) in [4.78, 5) is 12.5. The van der Waals surface area contributed by atoms with Crippen molar-refractivity contribution in [2.75, 3.05) is 17.3 Å². The van der Waals surface area contributed by atoms with Crippen molar-refractivity contribution >= 4 is 16.7 Å². The van der Waals surface area contributed by atoms with E-state index in [1.54, 1.807) is 0 Å². The molecule has 23 heavy (non-hydrogen) atoms. The highest BCUT2D eigenvalue weighted by Gasteiger charge is 2.21. The van der Waals surface area contributed by atoms with Crippen LogP contribution in [0.1, 0.15) is 37.0 Å². The Morgan fingerprint density at radius 3 is 1.87 bits per heavy atom. The van der Waals surface area contributed by atoms with Gasteiger partial charge in [-0.2, -0.15) is 0 Å². The predicted molar refractivity (Wildman–Crippen MR) is 98.8 cm³/mol. The van der Waals surface area contributed by atoms with Gasteiger partial charge in [-0.15, -0.1) is 0 Å². The molecule has 0 atom stereocenters. The fourth-order valence-electron chi connectivity index (χ4n) is 2.57. The normalized spacial score (nSPS) is 10.4. The van der Waals surface area contributed by atoms with Crippen molar-refractivity contribution in [3.63, 3.8) is 0 Å². The summed E-state index contributed by atoms with van der Waals surface area (Å²) in [7, 11) is 0.254. The van der Waals surface area contributed by atoms with Crippen molar-refractivity contribution in [1.29, 1.82) is 0 Å². The van der Waals surface area contributed by atoms with Crippen LogP contribution in [-0.2, 0) is 10.9 Å². The minimum Gasteiger partial charge on any atom is -1.00 e. The molecule has 0 saturated heterocycles. The fraction of sp³-hybridized carbons (Fsp3) is 0.350. The highest BCUT2D eigenvalue weighted by atomic mass is 79.9. The largest absolute Gasteiger partial charge is 1.00 e. The van der Waals surface area contributed by atoms with E-state index in [0.29, 0.717) is 11.5 Å². The van der Waals surface area contributed by atoms with Crippen molar-refractivity contribution in [2.24, 2.45) is 0 Å². The van der Waals surface area contributed by atoms with E-state index in [4.69, 9.17) is 0 Å². The SMILES string of the molecule is CCC[S+](CCC)CC(=O)c1ccc(-c2ccccc2)cc1.[Br-]. The zero-order valence-electron chi connectivity index (χ0n) is 13.9. The molecule has 0 spiro atoms. The maximum Gasteiger partial charge on any atom is 0.211 e. The van der Waals surface area contributed by atoms with Crippen LogP contribution < -0.4 is 17.0 Å². The molecule has 0 amide bonds. The number of carbonyl (C=O) groups excluding carboxylic acids is 1. The third kappa shape index (κ3) is 6.15. The van der Waals surface area contributed by atoms with Gasteiger partial charge in [0, 0.05) is 5.56 Å². The Bertz CT molecular complexity index is 574. The molecule has 0 radical (unpaired) electrons. The molecule has 0 aliphatic rings. The molecule has 0 aliphatic heterocycles. The summed E-state index contributed by atoms with van der Waals surface area (Å²) in [6.07, 6.45) is 2.34. The Hall–Kier alpha value is -1.06. The molecule has 1 nitrogen and oxygen atoms in total. The van der Waals surface area contributed by atoms with Gasteiger partial charge in [-0.3, -0.25) is 4.79 Å². The van der Waals surface area contributed by atoms with Gasteiger partial charge in [-0.25, -0.2) is 0 Å². The first kappa shape index (κ1) is 20.0. The van der Waals surface area contributed by atoms with E-state index < -0.39 is 0 Å². The lowest BCUT2D eigenvalue weighted by atomic mass is 10.0. The van der Waals surface area contributed by atoms with E-state index in [2.05, 4.69) is 38.1 Å². The van der Waals surface area contributed by atoms with E-state index in [0.717, 1.165) is 5.56 Å². The third-order valence-electron chi connectivity index (χ3n) is 3.63. The quantitative estimate of drug-likeness (QED) is 0.495. The molecule has 2 rings (SSSR count). The second-order valence-electron chi connectivity index (χ2n) is 5.53. The van der Waals surface area contributed by atoms with Crippen LogP contribution in [0.4, 0.5) is 0 Å². The lowest BCUT2D eigenvalue weighted by molar-refractivity contribution is -0.0000124. The lowest BCUT2D eigenvalue weighted by Gasteiger charge is -2.07. The number of halogens is 1. The maximum absolute atomic E-state index is 12.5. The van der Waals surface area contributed by atoms with Crippen LogP contribution in [0, 0.1) is 0 Å². The molecule has 2 aromatic carbocycles. The molecular weight excluding hydrogens is 368 g/mol. The molecule has 3 heteroatoms. The first-order chi connectivity index (χ1) is 10.7. The predicted octanol–water partition coefficient (Wildman–Crippen LogP) is 1.98. The van der Waals surface area contributed by atoms with Gasteiger partial charge in [0.05, 0.1) is 0 Å². The van der Waals surface area contributed by atoms with Crippen molar-refractivity contribution in [3.8, 4) is 11.1 Å². The molecule has 0 unspecified atom stereocenters. The molecule has 0 bridgehead atoms. The van der Waals surface area contributed by atoms with Gasteiger partial charge in [0.15, 0.2) is 5.75 Å². The lowest BCUT2D eigenvalue weighted by Crippen LogP contribution is -3.00. The van der Waals surface area contributed by atoms with E-state index in [9.17, 15) is 4.79 Å². The molecule has 2 aromatic rings. The molecule has 124 valence electrons. The Morgan fingerprint density at radius 1 is 0.826 bits per heavy atom. The van der Waals surface area contributed by atoms with E-state index in [1.165, 1.54) is 35.5 Å². The Kier molecular flexibility index (Phi) is 9.27. The number of ketones is 1. The number of hydrogen-bond acceptors (Lipinski definition) is 1. The number of carbonyl (C=O) groups is 1. The Balaban J connectivity index is 0.00000264. The van der Waals surface area contributed by atoms with Gasteiger partial charge < -0.3 is 17.0 Å². The van der Waals surface area contributed by atoms with Gasteiger partial charge in [0.2, 0.25) is 5.78 Å². The van der Waals surface area contributed by atoms with Gasteiger partial charge in [0.25, 0.3) is 0 Å². The number of Topliss-reactive ketones (excluding diaryl/α,β-unsaturated/α-hetero) is 1. The minimum absolute atomic E-state index is 0. The first-order valence-electron chi connectivity index (χ1n) is 8.07. The van der Waals surface area contributed by atoms with Gasteiger partial charge in [-0.1, -0.05) is 68.4 Å². The topological polar surface area (TPSA) is 17.1 Å². The summed E-state index contributed by atoms with van der Waals surface area (Å²) in [6, 6.07) is 18.3. The van der Waals surface area contributed by atoms with Crippen LogP contribution >= 0.6 is 0 Å². The second kappa shape index (κ2) is 10.7. The van der Waals surface area contributed by atoms with Crippen LogP contribution in [0.2, 0.25) is 0 Å². The Labute approximate surface area is 153 Å². The first-order valence-corrected chi connectivity index (χ1v) is 9.80. The molecular formula is C20H25BrOS. The second-order valence-corrected chi connectivity index (χ2v) is 7.86. The summed E-state index contributed by atoms with van der Waals surface area (Å²) in [5.74, 6) is 3.38. The molecule has 0 aromatic heterocycles. The van der Waals surface area contributed by atoms with Crippen molar-refractivity contribution in [2.45, 2.75) is 26.7 Å². The molecule has 0 heterocycles. The van der Waals surface area contributed by atoms with Gasteiger partial charge >= 0.3 is 0 Å². The van der Waals surface area contributed by atoms with E-state index in [1.807, 2.05) is 30.3 Å². The standard InChI is InChI=1S/C20H25OS.BrH/c1-3-14-22(15-4-2)16-20(21)19-12-10-18(11-13-19)17-8-6-5-7-9-17;/h5-13H,3-4,14-16H2,1-2H3;1H/q+1;/p-1. The molecule has 0 saturated carbocycles. The number of hydrogen-bond donors (Lipinski definition) is 0. The average Bonchev–Trinajstić information content (AvgIpc) is 2.56. The summed E-state index contributed by atoms with van der Waals surface area (Å²) in [6.45, 7) is 4.41. The van der Waals surface area contributed by atoms with Crippen molar-refractivity contribution in [1.82, 2.24) is 0 Å². The number of benzene rings is 2. The summed E-state index contributed by atoms with van der Waals surface area (Å²) >= 11 is 0. The maximum atomic E-state index is 12.5. The Morgan fingerprint density at radius 2 is 1.35 bits per heavy atom. The summed E-state index contributed by atoms with van der Waals surface area (Å²) in [5, 5.41) is 0. The van der Waals surface area contributed by atoms with Crippen LogP contribution in [-0.4, -0.2) is 23.0 Å². The van der Waals surface area contributed by atoms with E-state index >= 15 is 0 Å². The smallest absolute Gasteiger partial charge is 0.211 e. The average molecular weight is 393 g/mol. The van der Waals surface area contributed by atoms with Crippen LogP contribution in [0.15, 0.2) is 54.6 Å². The van der Waals surface area contributed by atoms with Gasteiger partial charge in [0.1, 0.15) is 11.5 Å². The van der Waals surface area contributed by atoms with Crippen LogP contribution in [0.3, 0.4) is 0 Å². The van der Waals surface area contributed by atoms with E-state index in [-0.39, 0.29) is 27.9 Å². The highest BCUT2D eigenvalue weighted by Crippen LogP contribution is 2.19. The van der Waals surface area contributed by atoms with Gasteiger partial charge in [-0.05, 0) is 34.9 Å². The molecule has 0 N–H and O–H groups in total. The van der Waals surface area contributed by atoms with Crippen LogP contribution in [0.5, 0.6) is 0 Å². The monoisotopic (exact) mass is 392 g/mol. The molecule has 0 fully saturated rings. The summed E-state index contributed by atoms with van der Waals surface area (Å²) in [5.41, 5.74) is 3.21. The van der Waals surface area contributed by atoms with Crippen LogP contribution in [0.25, 0.3) is 11.1 Å². The zero-order valence-corrected chi connectivity index (χ0v) is 16.3. The minimum atomic E-state index is 0.